The van der Waals surface area contributed by atoms with Crippen molar-refractivity contribution in [3.63, 3.8) is 0 Å². The fourth-order valence-electron chi connectivity index (χ4n) is 8.53. The number of halogens is 1. The van der Waals surface area contributed by atoms with Crippen LogP contribution in [0, 0.1) is 40.4 Å². The van der Waals surface area contributed by atoms with E-state index in [1.165, 1.54) is 18.9 Å². The van der Waals surface area contributed by atoms with Crippen molar-refractivity contribution in [1.29, 1.82) is 0 Å². The first kappa shape index (κ1) is 26.6. The third-order valence-electron chi connectivity index (χ3n) is 9.95. The molecule has 4 aliphatic carbocycles. The summed E-state index contributed by atoms with van der Waals surface area (Å²) in [5.74, 6) is 5.41. The van der Waals surface area contributed by atoms with Crippen LogP contribution in [0.25, 0.3) is 0 Å². The first-order valence-electron chi connectivity index (χ1n) is 14.1. The summed E-state index contributed by atoms with van der Waals surface area (Å²) in [4.78, 5) is 24.4. The van der Waals surface area contributed by atoms with Crippen LogP contribution < -0.4 is 0 Å². The molecule has 1 unspecified atom stereocenters. The maximum Gasteiger partial charge on any atom is 0.307 e. The van der Waals surface area contributed by atoms with Crippen LogP contribution in [0.5, 0.6) is 0 Å². The predicted octanol–water partition coefficient (Wildman–Crippen LogP) is 7.33. The van der Waals surface area contributed by atoms with E-state index >= 15 is 0 Å². The van der Waals surface area contributed by atoms with Gasteiger partial charge in [-0.05, 0) is 111 Å². The van der Waals surface area contributed by atoms with Gasteiger partial charge < -0.3 is 9.47 Å². The van der Waals surface area contributed by atoms with Crippen molar-refractivity contribution >= 4 is 23.5 Å². The summed E-state index contributed by atoms with van der Waals surface area (Å²) >= 11 is 6.03. The Balaban J connectivity index is 1.52. The summed E-state index contributed by atoms with van der Waals surface area (Å²) in [5, 5.41) is 2.66. The average Bonchev–Trinajstić information content (AvgIpc) is 3.15. The van der Waals surface area contributed by atoms with Gasteiger partial charge >= 0.3 is 11.9 Å². The minimum atomic E-state index is -0.746. The van der Waals surface area contributed by atoms with Crippen molar-refractivity contribution in [2.45, 2.75) is 122 Å². The van der Waals surface area contributed by atoms with E-state index in [4.69, 9.17) is 21.1 Å². The van der Waals surface area contributed by atoms with Crippen LogP contribution in [-0.2, 0) is 19.1 Å². The van der Waals surface area contributed by atoms with Gasteiger partial charge in [0.25, 0.3) is 0 Å². The van der Waals surface area contributed by atoms with Gasteiger partial charge in [-0.3, -0.25) is 9.59 Å². The van der Waals surface area contributed by atoms with E-state index in [0.29, 0.717) is 30.1 Å². The van der Waals surface area contributed by atoms with Crippen LogP contribution in [-0.4, -0.2) is 23.6 Å². The quantitative estimate of drug-likeness (QED) is 0.151. The van der Waals surface area contributed by atoms with E-state index in [1.807, 2.05) is 0 Å². The molecule has 0 spiro atoms. The Hall–Kier alpha value is -1.47. The number of ether oxygens (including phenoxy) is 2. The molecule has 0 heterocycles. The van der Waals surface area contributed by atoms with Gasteiger partial charge in [-0.25, -0.2) is 0 Å². The molecular weight excluding hydrogens is 460 g/mol. The van der Waals surface area contributed by atoms with E-state index in [2.05, 4.69) is 31.2 Å². The number of allylic oxidation sites excluding steroid dienone is 1. The van der Waals surface area contributed by atoms with Crippen molar-refractivity contribution < 1.29 is 19.1 Å². The lowest BCUT2D eigenvalue weighted by molar-refractivity contribution is -0.173. The van der Waals surface area contributed by atoms with E-state index in [1.54, 1.807) is 0 Å². The van der Waals surface area contributed by atoms with Gasteiger partial charge in [0.2, 0.25) is 0 Å². The highest BCUT2D eigenvalue weighted by Crippen LogP contribution is 2.67. The van der Waals surface area contributed by atoms with E-state index in [9.17, 15) is 9.59 Å². The zero-order valence-corrected chi connectivity index (χ0v) is 22.6. The third kappa shape index (κ3) is 5.04. The highest BCUT2D eigenvalue weighted by Gasteiger charge is 2.66. The van der Waals surface area contributed by atoms with Crippen LogP contribution in [0.15, 0.2) is 11.6 Å². The number of unbranched alkanes of at least 4 members (excludes halogenated alkanes) is 3. The predicted molar refractivity (Wildman–Crippen MR) is 138 cm³/mol. The second-order valence-corrected chi connectivity index (χ2v) is 11.7. The Morgan fingerprint density at radius 1 is 1.06 bits per heavy atom. The number of hydrogen-bond acceptors (Lipinski definition) is 4. The Labute approximate surface area is 216 Å². The summed E-state index contributed by atoms with van der Waals surface area (Å²) in [6, 6.07) is 0. The molecule has 3 saturated carbocycles. The van der Waals surface area contributed by atoms with Crippen molar-refractivity contribution in [3.05, 3.63) is 11.6 Å². The van der Waals surface area contributed by atoms with Gasteiger partial charge in [0.1, 0.15) is 6.10 Å². The number of fused-ring (bicyclic) bond motifs is 5. The maximum absolute atomic E-state index is 13.0. The molecular formula is C30H43ClO4. The molecule has 0 aromatic heterocycles. The monoisotopic (exact) mass is 502 g/mol. The molecule has 5 heteroatoms. The van der Waals surface area contributed by atoms with Crippen molar-refractivity contribution in [1.82, 2.24) is 0 Å². The summed E-state index contributed by atoms with van der Waals surface area (Å²) < 4.78 is 11.9. The van der Waals surface area contributed by atoms with Crippen molar-refractivity contribution in [2.75, 3.05) is 0 Å². The lowest BCUT2D eigenvalue weighted by Gasteiger charge is -2.56. The van der Waals surface area contributed by atoms with Crippen LogP contribution in [0.2, 0.25) is 0 Å². The number of rotatable bonds is 8. The number of hydrogen-bond donors (Lipinski definition) is 0. The summed E-state index contributed by atoms with van der Waals surface area (Å²) in [6.45, 7) is 5.94. The number of carbonyl (C=O) groups excluding carboxylic acids is 2. The molecule has 4 rings (SSSR count). The van der Waals surface area contributed by atoms with Crippen LogP contribution in [0.3, 0.4) is 0 Å². The fourth-order valence-corrected chi connectivity index (χ4v) is 8.68. The van der Waals surface area contributed by atoms with Gasteiger partial charge in [0.05, 0.1) is 0 Å². The zero-order chi connectivity index (χ0) is 25.1. The largest absolute Gasteiger partial charge is 0.458 e. The van der Waals surface area contributed by atoms with Crippen molar-refractivity contribution in [3.8, 4) is 11.3 Å². The standard InChI is InChI=1S/C30H43ClO4/c1-4-6-7-8-9-28(33)35-30(18-19-31)17-15-27-26-12-10-22-20-23(34-21(3)32)11-13-24(22)25(26)14-16-29(27,30)5-2/h20,23-27H,4-17H2,1-3H3/t23?,24-,25+,26+,27-,29-,30+/m0/s1. The first-order chi connectivity index (χ1) is 16.9. The molecule has 0 saturated heterocycles. The average molecular weight is 503 g/mol. The Bertz CT molecular complexity index is 885. The van der Waals surface area contributed by atoms with Gasteiger partial charge in [0, 0.05) is 24.1 Å². The third-order valence-corrected chi connectivity index (χ3v) is 10.0. The first-order valence-corrected chi connectivity index (χ1v) is 14.5. The van der Waals surface area contributed by atoms with Gasteiger partial charge in [-0.1, -0.05) is 38.7 Å². The molecule has 0 aromatic rings. The SMILES string of the molecule is CCCCCCC(=O)O[C@@]1(C#CCl)CC[C@H]2[C@@H]3CCC4=CC(OC(C)=O)CC[C@@H]4[C@H]3CC[C@@]21CC. The Morgan fingerprint density at radius 3 is 2.60 bits per heavy atom. The van der Waals surface area contributed by atoms with E-state index in [0.717, 1.165) is 77.0 Å². The zero-order valence-electron chi connectivity index (χ0n) is 21.9. The number of esters is 2. The Morgan fingerprint density at radius 2 is 1.89 bits per heavy atom. The maximum atomic E-state index is 13.0. The van der Waals surface area contributed by atoms with Gasteiger partial charge in [-0.2, -0.15) is 0 Å². The molecule has 7 atom stereocenters. The molecule has 0 amide bonds. The molecule has 0 aromatic carbocycles. The van der Waals surface area contributed by atoms with Gasteiger partial charge in [-0.15, -0.1) is 0 Å². The van der Waals surface area contributed by atoms with Crippen LogP contribution >= 0.6 is 11.6 Å². The minimum Gasteiger partial charge on any atom is -0.458 e. The molecule has 0 radical (unpaired) electrons. The molecule has 0 bridgehead atoms. The lowest BCUT2D eigenvalue weighted by Crippen LogP contribution is -2.55. The summed E-state index contributed by atoms with van der Waals surface area (Å²) in [6.07, 6.45) is 16.3. The highest BCUT2D eigenvalue weighted by atomic mass is 35.5. The molecule has 35 heavy (non-hydrogen) atoms. The normalized spacial score (nSPS) is 37.6. The van der Waals surface area contributed by atoms with E-state index < -0.39 is 5.60 Å². The molecule has 0 N–H and O–H groups in total. The molecule has 4 nitrogen and oxygen atoms in total. The molecule has 3 fully saturated rings. The fraction of sp³-hybridized carbons (Fsp3) is 0.800. The molecule has 0 aliphatic heterocycles. The van der Waals surface area contributed by atoms with Crippen molar-refractivity contribution in [2.24, 2.45) is 29.1 Å². The molecule has 194 valence electrons. The second-order valence-electron chi connectivity index (χ2n) is 11.5. The van der Waals surface area contributed by atoms with Gasteiger partial charge in [0.15, 0.2) is 5.60 Å². The second kappa shape index (κ2) is 11.3. The lowest BCUT2D eigenvalue weighted by atomic mass is 9.49. The molecule has 4 aliphatic rings. The summed E-state index contributed by atoms with van der Waals surface area (Å²) in [7, 11) is 0. The topological polar surface area (TPSA) is 52.6 Å². The van der Waals surface area contributed by atoms with Crippen LogP contribution in [0.1, 0.15) is 111 Å². The smallest absolute Gasteiger partial charge is 0.307 e. The summed E-state index contributed by atoms with van der Waals surface area (Å²) in [5.41, 5.74) is 0.658. The highest BCUT2D eigenvalue weighted by molar-refractivity contribution is 6.30. The minimum absolute atomic E-state index is 0.0523. The van der Waals surface area contributed by atoms with Crippen LogP contribution in [0.4, 0.5) is 0 Å². The number of carbonyl (C=O) groups is 2. The Kier molecular flexibility index (Phi) is 8.57. The van der Waals surface area contributed by atoms with E-state index in [-0.39, 0.29) is 23.5 Å².